The zero-order valence-corrected chi connectivity index (χ0v) is 27.0. The molecule has 0 bridgehead atoms. The van der Waals surface area contributed by atoms with E-state index >= 15 is 0 Å². The molecule has 9 rings (SSSR count). The first-order chi connectivity index (χ1) is 23.2. The summed E-state index contributed by atoms with van der Waals surface area (Å²) in [7, 11) is 0. The highest BCUT2D eigenvalue weighted by atomic mass is 32.1. The maximum absolute atomic E-state index is 3.66. The monoisotopic (exact) mass is 639 g/mol. The lowest BCUT2D eigenvalue weighted by atomic mass is 10.1. The van der Waals surface area contributed by atoms with Crippen molar-refractivity contribution in [3.8, 4) is 0 Å². The first kappa shape index (κ1) is 27.7. The summed E-state index contributed by atoms with van der Waals surface area (Å²) in [6.07, 6.45) is 0. The van der Waals surface area contributed by atoms with Crippen LogP contribution in [0.1, 0.15) is 0 Å². The normalized spacial score (nSPS) is 11.4. The molecule has 2 heterocycles. The van der Waals surface area contributed by atoms with E-state index in [0.29, 0.717) is 0 Å². The Morgan fingerprint density at radius 2 is 0.745 bits per heavy atom. The predicted octanol–water partition coefficient (Wildman–Crippen LogP) is 13.4. The molecule has 2 aromatic heterocycles. The number of hydrogen-bond acceptors (Lipinski definition) is 5. The second-order valence-corrected chi connectivity index (χ2v) is 13.8. The van der Waals surface area contributed by atoms with E-state index in [2.05, 4.69) is 167 Å². The Morgan fingerprint density at radius 1 is 0.319 bits per heavy atom. The minimum Gasteiger partial charge on any atom is -0.355 e. The van der Waals surface area contributed by atoms with Gasteiger partial charge in [-0.2, -0.15) is 0 Å². The first-order valence-electron chi connectivity index (χ1n) is 15.7. The zero-order chi connectivity index (χ0) is 31.2. The first-order valence-corrected chi connectivity index (χ1v) is 17.3. The number of hydrogen-bond donors (Lipinski definition) is 2. The largest absolute Gasteiger partial charge is 0.355 e. The summed E-state index contributed by atoms with van der Waals surface area (Å²) in [5.41, 5.74) is 7.37. The summed E-state index contributed by atoms with van der Waals surface area (Å²) in [6, 6.07) is 58.6. The molecule has 3 nitrogen and oxygen atoms in total. The van der Waals surface area contributed by atoms with Crippen molar-refractivity contribution in [3.05, 3.63) is 164 Å². The van der Waals surface area contributed by atoms with Crippen LogP contribution in [0.15, 0.2) is 164 Å². The van der Waals surface area contributed by atoms with Crippen LogP contribution in [-0.4, -0.2) is 0 Å². The van der Waals surface area contributed by atoms with E-state index < -0.39 is 0 Å². The maximum atomic E-state index is 3.66. The van der Waals surface area contributed by atoms with Gasteiger partial charge in [0.25, 0.3) is 0 Å². The van der Waals surface area contributed by atoms with Gasteiger partial charge in [-0.15, -0.1) is 22.7 Å². The van der Waals surface area contributed by atoms with Gasteiger partial charge < -0.3 is 15.5 Å². The van der Waals surface area contributed by atoms with Gasteiger partial charge in [0.1, 0.15) is 0 Å². The fraction of sp³-hybridized carbons (Fsp3) is 0. The average Bonchev–Trinajstić information content (AvgIpc) is 3.67. The van der Waals surface area contributed by atoms with E-state index in [9.17, 15) is 0 Å². The van der Waals surface area contributed by atoms with E-state index in [-0.39, 0.29) is 0 Å². The zero-order valence-electron chi connectivity index (χ0n) is 25.4. The van der Waals surface area contributed by atoms with Crippen molar-refractivity contribution < 1.29 is 0 Å². The molecule has 5 heteroatoms. The third-order valence-corrected chi connectivity index (χ3v) is 10.8. The molecule has 0 aliphatic rings. The molecule has 2 N–H and O–H groups in total. The Kier molecular flexibility index (Phi) is 6.85. The number of nitrogens with one attached hydrogen (secondary N) is 2. The highest BCUT2D eigenvalue weighted by Crippen LogP contribution is 2.44. The molecule has 0 spiro atoms. The second-order valence-electron chi connectivity index (χ2n) is 11.6. The Bertz CT molecular complexity index is 2360. The van der Waals surface area contributed by atoms with Crippen LogP contribution in [0.5, 0.6) is 0 Å². The number of thiophene rings is 2. The Labute approximate surface area is 281 Å². The number of rotatable bonds is 7. The number of para-hydroxylation sites is 2. The Hall–Kier alpha value is -5.62. The highest BCUT2D eigenvalue weighted by molar-refractivity contribution is 7.26. The molecular weight excluding hydrogens is 611 g/mol. The summed E-state index contributed by atoms with van der Waals surface area (Å²) in [6.45, 7) is 0. The van der Waals surface area contributed by atoms with Crippen LogP contribution in [0.4, 0.5) is 39.8 Å². The van der Waals surface area contributed by atoms with Gasteiger partial charge in [-0.1, -0.05) is 72.8 Å². The van der Waals surface area contributed by atoms with Crippen molar-refractivity contribution >= 4 is 103 Å². The lowest BCUT2D eigenvalue weighted by Gasteiger charge is -2.27. The topological polar surface area (TPSA) is 27.3 Å². The van der Waals surface area contributed by atoms with Crippen molar-refractivity contribution in [1.82, 2.24) is 0 Å². The van der Waals surface area contributed by atoms with Crippen LogP contribution >= 0.6 is 22.7 Å². The van der Waals surface area contributed by atoms with E-state index in [1.54, 1.807) is 0 Å². The molecule has 7 aromatic carbocycles. The predicted molar refractivity (Wildman–Crippen MR) is 206 cm³/mol. The molecule has 0 unspecified atom stereocenters. The molecular formula is C42H29N3S2. The summed E-state index contributed by atoms with van der Waals surface area (Å²) in [4.78, 5) is 2.39. The third-order valence-electron chi connectivity index (χ3n) is 8.54. The molecule has 0 radical (unpaired) electrons. The molecule has 47 heavy (non-hydrogen) atoms. The summed E-state index contributed by atoms with van der Waals surface area (Å²) < 4.78 is 5.20. The smallest absolute Gasteiger partial charge is 0.0503 e. The third kappa shape index (κ3) is 5.26. The quantitative estimate of drug-likeness (QED) is 0.182. The number of nitrogens with zero attached hydrogens (tertiary/aromatic N) is 1. The Morgan fingerprint density at radius 3 is 1.23 bits per heavy atom. The van der Waals surface area contributed by atoms with Crippen molar-refractivity contribution in [3.63, 3.8) is 0 Å². The summed E-state index contributed by atoms with van der Waals surface area (Å²) in [5, 5.41) is 12.5. The van der Waals surface area contributed by atoms with Crippen molar-refractivity contribution in [1.29, 1.82) is 0 Å². The fourth-order valence-corrected chi connectivity index (χ4v) is 8.59. The van der Waals surface area contributed by atoms with Gasteiger partial charge in [0.15, 0.2) is 0 Å². The maximum Gasteiger partial charge on any atom is 0.0503 e. The van der Waals surface area contributed by atoms with Crippen LogP contribution in [0.2, 0.25) is 0 Å². The minimum absolute atomic E-state index is 1.00. The molecule has 0 saturated heterocycles. The molecule has 0 aliphatic heterocycles. The summed E-state index contributed by atoms with van der Waals surface area (Å²) in [5.74, 6) is 0. The van der Waals surface area contributed by atoms with E-state index in [1.807, 2.05) is 34.8 Å². The van der Waals surface area contributed by atoms with Gasteiger partial charge in [-0.3, -0.25) is 0 Å². The standard InChI is InChI=1S/C42H29N3S2/c1-3-11-28(12-4-1)43-30-23-31(44-29-13-5-2-6-14-29)25-34(24-30)45(32-19-21-41-37(26-32)35-15-7-9-17-39(35)46-41)33-20-22-42-38(27-33)36-16-8-10-18-40(36)47-42/h1-27,43-44H. The second kappa shape index (κ2) is 11.6. The van der Waals surface area contributed by atoms with Gasteiger partial charge in [0.2, 0.25) is 0 Å². The van der Waals surface area contributed by atoms with Crippen LogP contribution < -0.4 is 15.5 Å². The van der Waals surface area contributed by atoms with Crippen LogP contribution in [-0.2, 0) is 0 Å². The highest BCUT2D eigenvalue weighted by Gasteiger charge is 2.18. The fourth-order valence-electron chi connectivity index (χ4n) is 6.41. The molecule has 9 aromatic rings. The van der Waals surface area contributed by atoms with Gasteiger partial charge in [0.05, 0.1) is 5.69 Å². The lowest BCUT2D eigenvalue weighted by Crippen LogP contribution is -2.10. The summed E-state index contributed by atoms with van der Waals surface area (Å²) >= 11 is 3.70. The molecule has 0 saturated carbocycles. The molecule has 0 aliphatic carbocycles. The van der Waals surface area contributed by atoms with Crippen LogP contribution in [0.3, 0.4) is 0 Å². The van der Waals surface area contributed by atoms with Crippen molar-refractivity contribution in [2.75, 3.05) is 15.5 Å². The van der Waals surface area contributed by atoms with Gasteiger partial charge in [0, 0.05) is 74.5 Å². The van der Waals surface area contributed by atoms with Crippen LogP contribution in [0, 0.1) is 0 Å². The molecule has 0 fully saturated rings. The number of benzene rings is 7. The minimum atomic E-state index is 1.00. The number of fused-ring (bicyclic) bond motifs is 6. The SMILES string of the molecule is c1ccc(Nc2cc(Nc3ccccc3)cc(N(c3ccc4sc5ccccc5c4c3)c3ccc4sc5ccccc5c4c3)c2)cc1. The molecule has 0 amide bonds. The van der Waals surface area contributed by atoms with Gasteiger partial charge >= 0.3 is 0 Å². The van der Waals surface area contributed by atoms with Crippen molar-refractivity contribution in [2.45, 2.75) is 0 Å². The van der Waals surface area contributed by atoms with E-state index in [1.165, 1.54) is 40.3 Å². The van der Waals surface area contributed by atoms with Crippen LogP contribution in [0.25, 0.3) is 40.3 Å². The molecule has 224 valence electrons. The van der Waals surface area contributed by atoms with E-state index in [4.69, 9.17) is 0 Å². The van der Waals surface area contributed by atoms with E-state index in [0.717, 1.165) is 39.8 Å². The molecule has 0 atom stereocenters. The Balaban J connectivity index is 1.27. The van der Waals surface area contributed by atoms with Crippen molar-refractivity contribution in [2.24, 2.45) is 0 Å². The lowest BCUT2D eigenvalue weighted by molar-refractivity contribution is 1.29. The average molecular weight is 640 g/mol. The van der Waals surface area contributed by atoms with Gasteiger partial charge in [-0.25, -0.2) is 0 Å². The number of anilines is 7. The van der Waals surface area contributed by atoms with Gasteiger partial charge in [-0.05, 0) is 91.0 Å².